The van der Waals surface area contributed by atoms with Crippen LogP contribution in [0.5, 0.6) is 0 Å². The molecule has 0 radical (unpaired) electrons. The Labute approximate surface area is 114 Å². The fraction of sp³-hybridized carbons (Fsp3) is 0.692. The van der Waals surface area contributed by atoms with Gasteiger partial charge in [0, 0.05) is 25.8 Å². The highest BCUT2D eigenvalue weighted by Crippen LogP contribution is 2.11. The summed E-state index contributed by atoms with van der Waals surface area (Å²) in [5, 5.41) is 18.9. The number of nitrogens with zero attached hydrogens (tertiary/aromatic N) is 2. The molecule has 1 aromatic rings. The molecule has 1 atom stereocenters. The molecule has 6 nitrogen and oxygen atoms in total. The van der Waals surface area contributed by atoms with E-state index in [1.54, 1.807) is 6.92 Å². The van der Waals surface area contributed by atoms with Crippen molar-refractivity contribution in [1.82, 2.24) is 20.4 Å². The van der Waals surface area contributed by atoms with E-state index in [0.717, 1.165) is 17.8 Å². The largest absolute Gasteiger partial charge is 0.393 e. The quantitative estimate of drug-likeness (QED) is 0.709. The SMILES string of the molecule is Cc1nn(C)c(C)c1CCNC(=O)NCCC(C)O. The Morgan fingerprint density at radius 2 is 2.00 bits per heavy atom. The van der Waals surface area contributed by atoms with Crippen molar-refractivity contribution in [2.45, 2.75) is 39.7 Å². The standard InChI is InChI=1S/C13H24N4O2/c1-9(18)5-7-14-13(19)15-8-6-12-10(2)16-17(4)11(12)3/h9,18H,5-8H2,1-4H3,(H2,14,15,19). The van der Waals surface area contributed by atoms with E-state index in [2.05, 4.69) is 15.7 Å². The smallest absolute Gasteiger partial charge is 0.314 e. The minimum atomic E-state index is -0.388. The van der Waals surface area contributed by atoms with E-state index >= 15 is 0 Å². The number of carbonyl (C=O) groups is 1. The zero-order chi connectivity index (χ0) is 14.4. The number of hydrogen-bond donors (Lipinski definition) is 3. The Kier molecular flexibility index (Phi) is 5.82. The van der Waals surface area contributed by atoms with Gasteiger partial charge in [-0.25, -0.2) is 4.79 Å². The number of aromatic nitrogens is 2. The summed E-state index contributed by atoms with van der Waals surface area (Å²) in [4.78, 5) is 11.5. The molecule has 2 amide bonds. The maximum Gasteiger partial charge on any atom is 0.314 e. The van der Waals surface area contributed by atoms with Gasteiger partial charge in [-0.05, 0) is 39.2 Å². The van der Waals surface area contributed by atoms with Crippen molar-refractivity contribution >= 4 is 6.03 Å². The van der Waals surface area contributed by atoms with Crippen LogP contribution in [0.1, 0.15) is 30.3 Å². The van der Waals surface area contributed by atoms with Crippen LogP contribution in [0.25, 0.3) is 0 Å². The van der Waals surface area contributed by atoms with Gasteiger partial charge in [0.1, 0.15) is 0 Å². The van der Waals surface area contributed by atoms with Gasteiger partial charge in [-0.1, -0.05) is 0 Å². The number of urea groups is 1. The number of rotatable bonds is 6. The topological polar surface area (TPSA) is 79.2 Å². The minimum Gasteiger partial charge on any atom is -0.393 e. The molecule has 0 aliphatic heterocycles. The number of carbonyl (C=O) groups excluding carboxylic acids is 1. The third kappa shape index (κ3) is 4.90. The molecule has 0 fully saturated rings. The Morgan fingerprint density at radius 3 is 2.53 bits per heavy atom. The van der Waals surface area contributed by atoms with Gasteiger partial charge >= 0.3 is 6.03 Å². The highest BCUT2D eigenvalue weighted by molar-refractivity contribution is 5.73. The molecule has 0 aliphatic rings. The molecule has 0 spiro atoms. The highest BCUT2D eigenvalue weighted by Gasteiger charge is 2.09. The molecule has 19 heavy (non-hydrogen) atoms. The van der Waals surface area contributed by atoms with Crippen LogP contribution in [0.4, 0.5) is 4.79 Å². The highest BCUT2D eigenvalue weighted by atomic mass is 16.3. The summed E-state index contributed by atoms with van der Waals surface area (Å²) in [6, 6.07) is -0.195. The van der Waals surface area contributed by atoms with Gasteiger partial charge in [-0.3, -0.25) is 4.68 Å². The zero-order valence-corrected chi connectivity index (χ0v) is 12.2. The van der Waals surface area contributed by atoms with Gasteiger partial charge in [0.05, 0.1) is 11.8 Å². The van der Waals surface area contributed by atoms with Gasteiger partial charge in [0.25, 0.3) is 0 Å². The van der Waals surface area contributed by atoms with Crippen LogP contribution in [-0.4, -0.2) is 40.1 Å². The summed E-state index contributed by atoms with van der Waals surface area (Å²) in [5.41, 5.74) is 3.33. The van der Waals surface area contributed by atoms with Crippen LogP contribution in [0.15, 0.2) is 0 Å². The van der Waals surface area contributed by atoms with Crippen molar-refractivity contribution in [2.24, 2.45) is 7.05 Å². The first-order valence-corrected chi connectivity index (χ1v) is 6.60. The van der Waals surface area contributed by atoms with Crippen LogP contribution in [0.2, 0.25) is 0 Å². The van der Waals surface area contributed by atoms with Crippen molar-refractivity contribution in [1.29, 1.82) is 0 Å². The summed E-state index contributed by atoms with van der Waals surface area (Å²) in [6.07, 6.45) is 0.949. The Balaban J connectivity index is 2.28. The van der Waals surface area contributed by atoms with E-state index in [-0.39, 0.29) is 12.1 Å². The fourth-order valence-corrected chi connectivity index (χ4v) is 1.94. The Hall–Kier alpha value is -1.56. The van der Waals surface area contributed by atoms with Crippen molar-refractivity contribution in [3.05, 3.63) is 17.0 Å². The number of nitrogens with one attached hydrogen (secondary N) is 2. The molecule has 1 aromatic heterocycles. The van der Waals surface area contributed by atoms with Gasteiger partial charge in [-0.2, -0.15) is 5.10 Å². The third-order valence-electron chi connectivity index (χ3n) is 3.17. The lowest BCUT2D eigenvalue weighted by molar-refractivity contribution is 0.183. The van der Waals surface area contributed by atoms with Crippen LogP contribution < -0.4 is 10.6 Å². The third-order valence-corrected chi connectivity index (χ3v) is 3.17. The lowest BCUT2D eigenvalue weighted by atomic mass is 10.1. The van der Waals surface area contributed by atoms with Crippen LogP contribution in [-0.2, 0) is 13.5 Å². The molecule has 108 valence electrons. The lowest BCUT2D eigenvalue weighted by Gasteiger charge is -2.08. The second kappa shape index (κ2) is 7.13. The number of hydrogen-bond acceptors (Lipinski definition) is 3. The molecule has 0 bridgehead atoms. The average molecular weight is 268 g/mol. The van der Waals surface area contributed by atoms with Crippen molar-refractivity contribution in [3.63, 3.8) is 0 Å². The molecule has 1 rings (SSSR count). The summed E-state index contributed by atoms with van der Waals surface area (Å²) in [6.45, 7) is 6.76. The molecule has 1 unspecified atom stereocenters. The summed E-state index contributed by atoms with van der Waals surface area (Å²) in [5.74, 6) is 0. The summed E-state index contributed by atoms with van der Waals surface area (Å²) >= 11 is 0. The predicted octanol–water partition coefficient (Wildman–Crippen LogP) is 0.650. The summed E-state index contributed by atoms with van der Waals surface area (Å²) < 4.78 is 1.85. The molecular formula is C13H24N4O2. The van der Waals surface area contributed by atoms with E-state index in [0.29, 0.717) is 19.5 Å². The normalized spacial score (nSPS) is 12.3. The molecule has 0 aromatic carbocycles. The maximum atomic E-state index is 11.5. The lowest BCUT2D eigenvalue weighted by Crippen LogP contribution is -2.37. The van der Waals surface area contributed by atoms with Crippen molar-refractivity contribution < 1.29 is 9.90 Å². The number of aryl methyl sites for hydroxylation is 2. The number of aliphatic hydroxyl groups is 1. The van der Waals surface area contributed by atoms with Gasteiger partial charge < -0.3 is 15.7 Å². The molecule has 3 N–H and O–H groups in total. The first kappa shape index (κ1) is 15.5. The first-order chi connectivity index (χ1) is 8.91. The molecular weight excluding hydrogens is 244 g/mol. The molecule has 0 aliphatic carbocycles. The van der Waals surface area contributed by atoms with E-state index in [9.17, 15) is 4.79 Å². The summed E-state index contributed by atoms with van der Waals surface area (Å²) in [7, 11) is 1.92. The van der Waals surface area contributed by atoms with Crippen molar-refractivity contribution in [2.75, 3.05) is 13.1 Å². The minimum absolute atomic E-state index is 0.195. The molecule has 0 saturated heterocycles. The Bertz CT molecular complexity index is 427. The van der Waals surface area contributed by atoms with Crippen LogP contribution >= 0.6 is 0 Å². The van der Waals surface area contributed by atoms with E-state index < -0.39 is 0 Å². The zero-order valence-electron chi connectivity index (χ0n) is 12.2. The van der Waals surface area contributed by atoms with Gasteiger partial charge in [0.15, 0.2) is 0 Å². The number of amides is 2. The van der Waals surface area contributed by atoms with Crippen LogP contribution in [0.3, 0.4) is 0 Å². The van der Waals surface area contributed by atoms with E-state index in [1.807, 2.05) is 25.6 Å². The number of aliphatic hydroxyl groups excluding tert-OH is 1. The van der Waals surface area contributed by atoms with Gasteiger partial charge in [-0.15, -0.1) is 0 Å². The maximum absolute atomic E-state index is 11.5. The van der Waals surface area contributed by atoms with E-state index in [1.165, 1.54) is 5.56 Å². The molecule has 0 saturated carbocycles. The molecule has 6 heteroatoms. The predicted molar refractivity (Wildman–Crippen MR) is 74.1 cm³/mol. The van der Waals surface area contributed by atoms with E-state index in [4.69, 9.17) is 5.11 Å². The second-order valence-electron chi connectivity index (χ2n) is 4.84. The average Bonchev–Trinajstić information content (AvgIpc) is 2.55. The first-order valence-electron chi connectivity index (χ1n) is 6.60. The second-order valence-corrected chi connectivity index (χ2v) is 4.84. The molecule has 1 heterocycles. The fourth-order valence-electron chi connectivity index (χ4n) is 1.94. The monoisotopic (exact) mass is 268 g/mol. The van der Waals surface area contributed by atoms with Gasteiger partial charge in [0.2, 0.25) is 0 Å². The van der Waals surface area contributed by atoms with Crippen LogP contribution in [0, 0.1) is 13.8 Å². The van der Waals surface area contributed by atoms with Crippen molar-refractivity contribution in [3.8, 4) is 0 Å². The Morgan fingerprint density at radius 1 is 1.37 bits per heavy atom.